The summed E-state index contributed by atoms with van der Waals surface area (Å²) in [5.74, 6) is 0.176. The summed E-state index contributed by atoms with van der Waals surface area (Å²) >= 11 is 0. The van der Waals surface area contributed by atoms with Crippen LogP contribution in [0.2, 0.25) is 0 Å². The van der Waals surface area contributed by atoms with Gasteiger partial charge in [-0.25, -0.2) is 0 Å². The Labute approximate surface area is 83.9 Å². The summed E-state index contributed by atoms with van der Waals surface area (Å²) in [5, 5.41) is 3.14. The maximum absolute atomic E-state index is 11.8. The molecular weight excluding hydrogens is 180 g/mol. The predicted molar refractivity (Wildman–Crippen MR) is 52.9 cm³/mol. The summed E-state index contributed by atoms with van der Waals surface area (Å²) < 4.78 is 5.12. The highest BCUT2D eigenvalue weighted by Gasteiger charge is 2.32. The van der Waals surface area contributed by atoms with E-state index in [1.807, 2.05) is 11.8 Å². The predicted octanol–water partition coefficient (Wildman–Crippen LogP) is -0.237. The average molecular weight is 196 g/mol. The van der Waals surface area contributed by atoms with Gasteiger partial charge in [0.2, 0.25) is 5.91 Å². The third kappa shape index (κ3) is 1.55. The summed E-state index contributed by atoms with van der Waals surface area (Å²) in [5.41, 5.74) is 2.16. The number of rotatable bonds is 2. The Bertz CT molecular complexity index is 274. The van der Waals surface area contributed by atoms with Crippen LogP contribution in [-0.2, 0) is 9.53 Å². The van der Waals surface area contributed by atoms with Crippen LogP contribution in [0, 0.1) is 0 Å². The van der Waals surface area contributed by atoms with Gasteiger partial charge in [0.15, 0.2) is 0 Å². The number of ether oxygens (including phenoxy) is 1. The van der Waals surface area contributed by atoms with E-state index in [4.69, 9.17) is 4.74 Å². The smallest absolute Gasteiger partial charge is 0.249 e. The molecule has 2 rings (SSSR count). The van der Waals surface area contributed by atoms with Crippen molar-refractivity contribution in [1.29, 1.82) is 0 Å². The zero-order valence-electron chi connectivity index (χ0n) is 8.67. The lowest BCUT2D eigenvalue weighted by molar-refractivity contribution is -0.138. The van der Waals surface area contributed by atoms with Gasteiger partial charge in [-0.3, -0.25) is 4.79 Å². The SMILES string of the molecule is COC1CN(C(=O)C(C)=C2CNC2)C1. The van der Waals surface area contributed by atoms with Crippen LogP contribution in [0.25, 0.3) is 0 Å². The van der Waals surface area contributed by atoms with E-state index in [2.05, 4.69) is 5.32 Å². The number of methoxy groups -OCH3 is 1. The normalized spacial score (nSPS) is 21.6. The third-order valence-electron chi connectivity index (χ3n) is 3.00. The van der Waals surface area contributed by atoms with Crippen molar-refractivity contribution in [1.82, 2.24) is 10.2 Å². The monoisotopic (exact) mass is 196 g/mol. The van der Waals surface area contributed by atoms with Crippen LogP contribution in [0.5, 0.6) is 0 Å². The zero-order valence-corrected chi connectivity index (χ0v) is 8.67. The second-order valence-corrected chi connectivity index (χ2v) is 3.90. The lowest BCUT2D eigenvalue weighted by Gasteiger charge is -2.39. The molecule has 2 fully saturated rings. The molecule has 14 heavy (non-hydrogen) atoms. The topological polar surface area (TPSA) is 41.6 Å². The molecule has 0 aromatic carbocycles. The van der Waals surface area contributed by atoms with E-state index in [1.54, 1.807) is 7.11 Å². The lowest BCUT2D eigenvalue weighted by atomic mass is 10.0. The van der Waals surface area contributed by atoms with E-state index >= 15 is 0 Å². The fraction of sp³-hybridized carbons (Fsp3) is 0.700. The Hall–Kier alpha value is -0.870. The molecule has 0 aromatic rings. The van der Waals surface area contributed by atoms with Gasteiger partial charge in [-0.1, -0.05) is 0 Å². The van der Waals surface area contributed by atoms with Crippen LogP contribution in [0.15, 0.2) is 11.1 Å². The molecule has 0 unspecified atom stereocenters. The van der Waals surface area contributed by atoms with Gasteiger partial charge in [-0.05, 0) is 12.5 Å². The number of hydrogen-bond donors (Lipinski definition) is 1. The van der Waals surface area contributed by atoms with Gasteiger partial charge in [0.25, 0.3) is 0 Å². The molecule has 4 heteroatoms. The minimum absolute atomic E-state index is 0.176. The van der Waals surface area contributed by atoms with Crippen molar-refractivity contribution in [2.75, 3.05) is 33.3 Å². The van der Waals surface area contributed by atoms with Crippen LogP contribution < -0.4 is 5.32 Å². The number of carbonyl (C=O) groups excluding carboxylic acids is 1. The van der Waals surface area contributed by atoms with Crippen molar-refractivity contribution < 1.29 is 9.53 Å². The summed E-state index contributed by atoms with van der Waals surface area (Å²) in [6, 6.07) is 0. The van der Waals surface area contributed by atoms with Crippen LogP contribution >= 0.6 is 0 Å². The minimum atomic E-state index is 0.176. The zero-order chi connectivity index (χ0) is 10.1. The highest BCUT2D eigenvalue weighted by Crippen LogP contribution is 2.17. The van der Waals surface area contributed by atoms with E-state index in [0.717, 1.165) is 31.8 Å². The first kappa shape index (κ1) is 9.68. The molecule has 1 N–H and O–H groups in total. The van der Waals surface area contributed by atoms with Gasteiger partial charge in [0.05, 0.1) is 6.10 Å². The molecule has 0 radical (unpaired) electrons. The maximum atomic E-state index is 11.8. The molecule has 2 saturated heterocycles. The van der Waals surface area contributed by atoms with Gasteiger partial charge < -0.3 is 15.0 Å². The Balaban J connectivity index is 1.90. The van der Waals surface area contributed by atoms with E-state index in [-0.39, 0.29) is 12.0 Å². The second-order valence-electron chi connectivity index (χ2n) is 3.90. The first-order valence-electron chi connectivity index (χ1n) is 4.93. The van der Waals surface area contributed by atoms with E-state index in [0.29, 0.717) is 0 Å². The van der Waals surface area contributed by atoms with E-state index < -0.39 is 0 Å². The molecule has 0 aliphatic carbocycles. The molecule has 0 bridgehead atoms. The largest absolute Gasteiger partial charge is 0.378 e. The molecule has 0 saturated carbocycles. The van der Waals surface area contributed by atoms with Crippen molar-refractivity contribution in [3.8, 4) is 0 Å². The van der Waals surface area contributed by atoms with Crippen LogP contribution in [0.4, 0.5) is 0 Å². The molecule has 0 atom stereocenters. The number of hydrogen-bond acceptors (Lipinski definition) is 3. The number of nitrogens with one attached hydrogen (secondary N) is 1. The second kappa shape index (κ2) is 3.71. The molecule has 2 aliphatic rings. The molecule has 2 heterocycles. The quantitative estimate of drug-likeness (QED) is 0.620. The molecule has 4 nitrogen and oxygen atoms in total. The molecule has 1 amide bonds. The van der Waals surface area contributed by atoms with Gasteiger partial charge >= 0.3 is 0 Å². The van der Waals surface area contributed by atoms with Crippen LogP contribution in [0.1, 0.15) is 6.92 Å². The number of nitrogens with zero attached hydrogens (tertiary/aromatic N) is 1. The summed E-state index contributed by atoms with van der Waals surface area (Å²) in [4.78, 5) is 13.6. The number of likely N-dealkylation sites (tertiary alicyclic amines) is 1. The molecule has 0 spiro atoms. The fourth-order valence-electron chi connectivity index (χ4n) is 1.66. The first-order valence-corrected chi connectivity index (χ1v) is 4.93. The Kier molecular flexibility index (Phi) is 2.56. The van der Waals surface area contributed by atoms with Gasteiger partial charge in [0.1, 0.15) is 0 Å². The minimum Gasteiger partial charge on any atom is -0.378 e. The standard InChI is InChI=1S/C10H16N2O2/c1-7(8-3-11-4-8)10(13)12-5-9(6-12)14-2/h9,11H,3-6H2,1-2H3. The van der Waals surface area contributed by atoms with E-state index in [1.165, 1.54) is 5.57 Å². The maximum Gasteiger partial charge on any atom is 0.249 e. The summed E-state index contributed by atoms with van der Waals surface area (Å²) in [6.45, 7) is 5.15. The summed E-state index contributed by atoms with van der Waals surface area (Å²) in [6.07, 6.45) is 0.247. The first-order chi connectivity index (χ1) is 6.72. The highest BCUT2D eigenvalue weighted by atomic mass is 16.5. The van der Waals surface area contributed by atoms with Crippen molar-refractivity contribution in [3.63, 3.8) is 0 Å². The Morgan fingerprint density at radius 3 is 2.57 bits per heavy atom. The molecule has 78 valence electrons. The van der Waals surface area contributed by atoms with Crippen molar-refractivity contribution in [2.24, 2.45) is 0 Å². The third-order valence-corrected chi connectivity index (χ3v) is 3.00. The molecule has 0 aromatic heterocycles. The van der Waals surface area contributed by atoms with Gasteiger partial charge in [0, 0.05) is 38.9 Å². The summed E-state index contributed by atoms with van der Waals surface area (Å²) in [7, 11) is 1.69. The van der Waals surface area contributed by atoms with Crippen molar-refractivity contribution in [2.45, 2.75) is 13.0 Å². The molecular formula is C10H16N2O2. The fourth-order valence-corrected chi connectivity index (χ4v) is 1.66. The van der Waals surface area contributed by atoms with E-state index in [9.17, 15) is 4.79 Å². The number of amides is 1. The van der Waals surface area contributed by atoms with Gasteiger partial charge in [-0.2, -0.15) is 0 Å². The van der Waals surface area contributed by atoms with Crippen molar-refractivity contribution in [3.05, 3.63) is 11.1 Å². The van der Waals surface area contributed by atoms with Crippen molar-refractivity contribution >= 4 is 5.91 Å². The highest BCUT2D eigenvalue weighted by molar-refractivity contribution is 5.94. The Morgan fingerprint density at radius 1 is 1.50 bits per heavy atom. The van der Waals surface area contributed by atoms with Gasteiger partial charge in [-0.15, -0.1) is 0 Å². The Morgan fingerprint density at radius 2 is 2.14 bits per heavy atom. The number of carbonyl (C=O) groups is 1. The van der Waals surface area contributed by atoms with Crippen LogP contribution in [0.3, 0.4) is 0 Å². The average Bonchev–Trinajstić information content (AvgIpc) is 1.98. The lowest BCUT2D eigenvalue weighted by Crippen LogP contribution is -2.55. The molecule has 2 aliphatic heterocycles. The van der Waals surface area contributed by atoms with Crippen LogP contribution in [-0.4, -0.2) is 50.2 Å².